The van der Waals surface area contributed by atoms with Gasteiger partial charge < -0.3 is 19.7 Å². The molecule has 20 heteroatoms. The Hall–Kier alpha value is -2.31. The maximum Gasteiger partial charge on any atom is 0.428 e. The molecule has 4 rings (SSSR count). The molecule has 0 radical (unpaired) electrons. The zero-order valence-electron chi connectivity index (χ0n) is 24.4. The first kappa shape index (κ1) is 34.6. The van der Waals surface area contributed by atoms with Crippen molar-refractivity contribution in [3.05, 3.63) is 39.9 Å². The number of carbonyl (C=O) groups is 1. The molecule has 246 valence electrons. The number of aromatic carboxylic acids is 1. The van der Waals surface area contributed by atoms with Gasteiger partial charge >= 0.3 is 21.2 Å². The Morgan fingerprint density at radius 3 is 1.93 bits per heavy atom. The summed E-state index contributed by atoms with van der Waals surface area (Å²) in [7, 11) is -6.17. The normalized spacial score (nSPS) is 17.0. The van der Waals surface area contributed by atoms with Crippen LogP contribution in [0.25, 0.3) is 10.9 Å². The van der Waals surface area contributed by atoms with Gasteiger partial charge in [0.15, 0.2) is 0 Å². The fourth-order valence-electron chi connectivity index (χ4n) is 5.01. The molecule has 0 spiro atoms. The van der Waals surface area contributed by atoms with Crippen LogP contribution in [-0.4, -0.2) is 91.9 Å². The molecule has 0 bridgehead atoms. The van der Waals surface area contributed by atoms with Crippen LogP contribution in [0.1, 0.15) is 35.7 Å². The monoisotopic (exact) mass is 669 g/mol. The van der Waals surface area contributed by atoms with Gasteiger partial charge in [0.25, 0.3) is 5.08 Å². The second kappa shape index (κ2) is 14.0. The number of piperazine rings is 1. The summed E-state index contributed by atoms with van der Waals surface area (Å²) in [6, 6.07) is 2.63. The molecule has 1 saturated heterocycles. The van der Waals surface area contributed by atoms with Crippen LogP contribution >= 0.6 is 15.2 Å². The van der Waals surface area contributed by atoms with Crippen molar-refractivity contribution in [3.63, 3.8) is 0 Å². The van der Waals surface area contributed by atoms with E-state index in [1.807, 2.05) is 0 Å². The van der Waals surface area contributed by atoms with Gasteiger partial charge in [-0.3, -0.25) is 18.8 Å². The molecule has 2 aliphatic rings. The Labute approximate surface area is 250 Å². The molecular weight excluding hydrogens is 635 g/mol. The first-order valence-corrected chi connectivity index (χ1v) is 16.4. The van der Waals surface area contributed by atoms with Crippen LogP contribution in [0, 0.1) is 5.82 Å². The van der Waals surface area contributed by atoms with E-state index in [4.69, 9.17) is 0 Å². The van der Waals surface area contributed by atoms with Crippen LogP contribution in [0.2, 0.25) is 0 Å². The number of hydrogen-bond donors (Lipinski definition) is 2. The third kappa shape index (κ3) is 6.63. The lowest BCUT2D eigenvalue weighted by molar-refractivity contribution is -0.264. The van der Waals surface area contributed by atoms with Crippen molar-refractivity contribution in [1.82, 2.24) is 9.47 Å². The molecular formula is C24H34FN3O14P2. The molecule has 1 aliphatic carbocycles. The van der Waals surface area contributed by atoms with Crippen molar-refractivity contribution < 1.29 is 66.8 Å². The van der Waals surface area contributed by atoms with Gasteiger partial charge in [-0.1, -0.05) is 0 Å². The molecule has 0 atom stereocenters. The SMILES string of the molecule is COOP(=O)(OOC)C(O)(CCN1CCN(c2cc3c(cc2F)c(=O)c(C(=O)O)cn3C2CC2)CC1)P(=O)(OOC)OOC. The largest absolute Gasteiger partial charge is 0.477 e. The molecule has 1 aromatic heterocycles. The van der Waals surface area contributed by atoms with Crippen LogP contribution in [0.15, 0.2) is 23.1 Å². The van der Waals surface area contributed by atoms with Crippen LogP contribution in [0.3, 0.4) is 0 Å². The first-order valence-electron chi connectivity index (χ1n) is 13.3. The number of carboxylic acid groups (broad SMARTS) is 1. The van der Waals surface area contributed by atoms with E-state index in [0.29, 0.717) is 18.6 Å². The van der Waals surface area contributed by atoms with E-state index in [-0.39, 0.29) is 36.7 Å². The number of hydrogen-bond acceptors (Lipinski definition) is 15. The molecule has 0 unspecified atom stereocenters. The molecule has 2 N–H and O–H groups in total. The van der Waals surface area contributed by atoms with Crippen LogP contribution in [-0.2, 0) is 47.4 Å². The quantitative estimate of drug-likeness (QED) is 0.150. The standard InChI is InChI=1S/C24H34FN3O14P2/c1-35-39-43(33,40-36-2)24(32,44(34,41-37-3)42-38-4)7-8-26-9-11-27(12-10-26)21-14-20-17(13-19(21)25)22(29)18(23(30)31)15-28(20)16-5-6-16/h13-16,32H,5-12H2,1-4H3,(H,30,31). The number of rotatable bonds is 16. The second-order valence-corrected chi connectivity index (χ2v) is 14.4. The van der Waals surface area contributed by atoms with E-state index in [1.165, 1.54) is 6.20 Å². The van der Waals surface area contributed by atoms with Gasteiger partial charge in [-0.15, -0.1) is 18.7 Å². The van der Waals surface area contributed by atoms with Crippen molar-refractivity contribution >= 4 is 37.8 Å². The Kier molecular flexibility index (Phi) is 11.0. The molecule has 1 aliphatic heterocycles. The average molecular weight is 669 g/mol. The van der Waals surface area contributed by atoms with Gasteiger partial charge in [0.05, 0.1) is 39.6 Å². The summed E-state index contributed by atoms with van der Waals surface area (Å²) in [5, 5.41) is 17.9. The predicted octanol–water partition coefficient (Wildman–Crippen LogP) is 3.03. The summed E-state index contributed by atoms with van der Waals surface area (Å²) in [6.07, 6.45) is 2.31. The van der Waals surface area contributed by atoms with Gasteiger partial charge in [-0.2, -0.15) is 0 Å². The molecule has 0 amide bonds. The maximum absolute atomic E-state index is 15.4. The molecule has 44 heavy (non-hydrogen) atoms. The van der Waals surface area contributed by atoms with E-state index < -0.39 is 49.5 Å². The summed E-state index contributed by atoms with van der Waals surface area (Å²) < 4.78 is 62.9. The number of aromatic nitrogens is 1. The summed E-state index contributed by atoms with van der Waals surface area (Å²) in [5.74, 6) is -2.07. The minimum Gasteiger partial charge on any atom is -0.477 e. The number of carboxylic acids is 1. The van der Waals surface area contributed by atoms with E-state index in [1.54, 1.807) is 20.4 Å². The van der Waals surface area contributed by atoms with Gasteiger partial charge in [0.2, 0.25) is 5.43 Å². The molecule has 2 heterocycles. The minimum atomic E-state index is -5.02. The van der Waals surface area contributed by atoms with Crippen molar-refractivity contribution in [2.45, 2.75) is 30.4 Å². The van der Waals surface area contributed by atoms with E-state index >= 15 is 4.39 Å². The summed E-state index contributed by atoms with van der Waals surface area (Å²) in [6.45, 7) is 1.06. The fraction of sp³-hybridized carbons (Fsp3) is 0.583. The smallest absolute Gasteiger partial charge is 0.428 e. The lowest BCUT2D eigenvalue weighted by Crippen LogP contribution is -2.48. The minimum absolute atomic E-state index is 0.0158. The van der Waals surface area contributed by atoms with E-state index in [0.717, 1.165) is 47.3 Å². The Bertz CT molecular complexity index is 1460. The van der Waals surface area contributed by atoms with Gasteiger partial charge in [0.1, 0.15) is 11.4 Å². The summed E-state index contributed by atoms with van der Waals surface area (Å²) in [5.41, 5.74) is -0.515. The number of halogens is 1. The fourth-order valence-corrected chi connectivity index (χ4v) is 8.67. The zero-order chi connectivity index (χ0) is 32.3. The first-order chi connectivity index (χ1) is 20.9. The Morgan fingerprint density at radius 1 is 0.955 bits per heavy atom. The average Bonchev–Trinajstić information content (AvgIpc) is 3.82. The highest BCUT2D eigenvalue weighted by Gasteiger charge is 2.68. The van der Waals surface area contributed by atoms with Crippen molar-refractivity contribution in [2.75, 3.05) is 66.1 Å². The topological polar surface area (TPSA) is 194 Å². The van der Waals surface area contributed by atoms with Crippen molar-refractivity contribution in [1.29, 1.82) is 0 Å². The number of benzene rings is 1. The van der Waals surface area contributed by atoms with Gasteiger partial charge in [-0.05, 0) is 25.0 Å². The number of nitrogens with zero attached hydrogens (tertiary/aromatic N) is 3. The number of aliphatic hydroxyl groups is 1. The van der Waals surface area contributed by atoms with Crippen LogP contribution < -0.4 is 10.3 Å². The lowest BCUT2D eigenvalue weighted by atomic mass is 10.1. The second-order valence-electron chi connectivity index (χ2n) is 9.95. The molecule has 1 saturated carbocycles. The Morgan fingerprint density at radius 2 is 1.48 bits per heavy atom. The summed E-state index contributed by atoms with van der Waals surface area (Å²) in [4.78, 5) is 45.8. The third-order valence-electron chi connectivity index (χ3n) is 7.32. The van der Waals surface area contributed by atoms with Gasteiger partial charge in [0, 0.05) is 56.8 Å². The highest BCUT2D eigenvalue weighted by molar-refractivity contribution is 7.73. The molecule has 17 nitrogen and oxygen atoms in total. The maximum atomic E-state index is 15.4. The van der Waals surface area contributed by atoms with Crippen LogP contribution in [0.5, 0.6) is 0 Å². The highest BCUT2D eigenvalue weighted by atomic mass is 31.2. The number of pyridine rings is 1. The highest BCUT2D eigenvalue weighted by Crippen LogP contribution is 2.78. The molecule has 1 aromatic carbocycles. The number of fused-ring (bicyclic) bond motifs is 1. The molecule has 2 fully saturated rings. The molecule has 2 aromatic rings. The van der Waals surface area contributed by atoms with Crippen LogP contribution in [0.4, 0.5) is 10.1 Å². The van der Waals surface area contributed by atoms with Crippen molar-refractivity contribution in [2.24, 2.45) is 0 Å². The van der Waals surface area contributed by atoms with Crippen molar-refractivity contribution in [3.8, 4) is 0 Å². The third-order valence-corrected chi connectivity index (χ3v) is 12.4. The predicted molar refractivity (Wildman–Crippen MR) is 149 cm³/mol. The van der Waals surface area contributed by atoms with E-state index in [9.17, 15) is 28.9 Å². The van der Waals surface area contributed by atoms with E-state index in [2.05, 4.69) is 38.2 Å². The lowest BCUT2D eigenvalue weighted by Gasteiger charge is -2.39. The summed E-state index contributed by atoms with van der Waals surface area (Å²) >= 11 is 0. The number of anilines is 1. The Balaban J connectivity index is 1.56. The van der Waals surface area contributed by atoms with Gasteiger partial charge in [-0.25, -0.2) is 28.7 Å². The zero-order valence-corrected chi connectivity index (χ0v) is 26.2.